The van der Waals surface area contributed by atoms with Crippen LogP contribution in [-0.4, -0.2) is 63.1 Å². The summed E-state index contributed by atoms with van der Waals surface area (Å²) in [5.41, 5.74) is 8.25. The minimum absolute atomic E-state index is 0.0649. The number of amides is 2. The number of nitrogens with two attached hydrogens (primary N) is 1. The van der Waals surface area contributed by atoms with Gasteiger partial charge in [-0.3, -0.25) is 14.5 Å². The molecule has 7 heteroatoms. The van der Waals surface area contributed by atoms with Gasteiger partial charge in [-0.05, 0) is 69.5 Å². The maximum atomic E-state index is 12.9. The number of benzene rings is 1. The predicted molar refractivity (Wildman–Crippen MR) is 106 cm³/mol. The van der Waals surface area contributed by atoms with Gasteiger partial charge in [0.2, 0.25) is 5.91 Å². The molecule has 0 aliphatic carbocycles. The van der Waals surface area contributed by atoms with Crippen LogP contribution in [0.25, 0.3) is 5.69 Å². The van der Waals surface area contributed by atoms with Crippen molar-refractivity contribution >= 4 is 11.8 Å². The lowest BCUT2D eigenvalue weighted by molar-refractivity contribution is -0.123. The van der Waals surface area contributed by atoms with Crippen molar-refractivity contribution in [1.82, 2.24) is 19.6 Å². The number of rotatable bonds is 4. The third-order valence-corrected chi connectivity index (χ3v) is 6.03. The Balaban J connectivity index is 1.38. The monoisotopic (exact) mass is 381 g/mol. The van der Waals surface area contributed by atoms with Gasteiger partial charge >= 0.3 is 0 Å². The summed E-state index contributed by atoms with van der Waals surface area (Å²) in [7, 11) is 0. The molecule has 2 amide bonds. The van der Waals surface area contributed by atoms with Crippen molar-refractivity contribution in [2.24, 2.45) is 5.73 Å². The van der Waals surface area contributed by atoms with E-state index in [1.807, 2.05) is 46.8 Å². The second-order valence-electron chi connectivity index (χ2n) is 7.75. The molecular weight excluding hydrogens is 354 g/mol. The summed E-state index contributed by atoms with van der Waals surface area (Å²) in [6, 6.07) is 9.76. The highest BCUT2D eigenvalue weighted by molar-refractivity contribution is 5.94. The molecular formula is C21H27N5O2. The molecule has 7 nitrogen and oxygen atoms in total. The molecule has 0 spiro atoms. The Morgan fingerprint density at radius 1 is 1.04 bits per heavy atom. The van der Waals surface area contributed by atoms with Crippen molar-refractivity contribution in [3.63, 3.8) is 0 Å². The molecule has 28 heavy (non-hydrogen) atoms. The quantitative estimate of drug-likeness (QED) is 0.874. The van der Waals surface area contributed by atoms with Crippen molar-refractivity contribution in [2.45, 2.75) is 44.7 Å². The van der Waals surface area contributed by atoms with Gasteiger partial charge in [-0.1, -0.05) is 0 Å². The molecule has 0 saturated carbocycles. The number of aromatic nitrogens is 2. The third-order valence-electron chi connectivity index (χ3n) is 6.03. The van der Waals surface area contributed by atoms with Gasteiger partial charge in [0.05, 0.1) is 11.7 Å². The number of likely N-dealkylation sites (tertiary alicyclic amines) is 2. The number of carbonyl (C=O) groups excluding carboxylic acids is 2. The van der Waals surface area contributed by atoms with Gasteiger partial charge in [-0.25, -0.2) is 4.68 Å². The number of nitrogens with zero attached hydrogens (tertiary/aromatic N) is 4. The van der Waals surface area contributed by atoms with Crippen LogP contribution in [0.5, 0.6) is 0 Å². The Bertz CT molecular complexity index is 852. The fraction of sp³-hybridized carbons (Fsp3) is 0.476. The molecule has 2 aromatic rings. The number of aryl methyl sites for hydroxylation is 1. The van der Waals surface area contributed by atoms with Crippen LogP contribution in [0.4, 0.5) is 0 Å². The number of carbonyl (C=O) groups is 2. The van der Waals surface area contributed by atoms with Gasteiger partial charge in [0.1, 0.15) is 0 Å². The van der Waals surface area contributed by atoms with Crippen molar-refractivity contribution in [3.05, 3.63) is 47.8 Å². The van der Waals surface area contributed by atoms with Gasteiger partial charge in [0.25, 0.3) is 5.91 Å². The van der Waals surface area contributed by atoms with Crippen LogP contribution < -0.4 is 5.73 Å². The van der Waals surface area contributed by atoms with E-state index in [0.717, 1.165) is 43.6 Å². The first-order valence-corrected chi connectivity index (χ1v) is 10.00. The van der Waals surface area contributed by atoms with E-state index >= 15 is 0 Å². The molecule has 0 bridgehead atoms. The summed E-state index contributed by atoms with van der Waals surface area (Å²) in [5.74, 6) is -0.154. The van der Waals surface area contributed by atoms with Crippen molar-refractivity contribution in [1.29, 1.82) is 0 Å². The fourth-order valence-corrected chi connectivity index (χ4v) is 4.50. The molecule has 0 radical (unpaired) electrons. The van der Waals surface area contributed by atoms with Crippen LogP contribution in [0.15, 0.2) is 36.5 Å². The Morgan fingerprint density at radius 3 is 2.36 bits per heavy atom. The number of piperidine rings is 1. The smallest absolute Gasteiger partial charge is 0.253 e. The van der Waals surface area contributed by atoms with Gasteiger partial charge in [-0.15, -0.1) is 0 Å². The topological polar surface area (TPSA) is 84.5 Å². The minimum atomic E-state index is -0.219. The van der Waals surface area contributed by atoms with Crippen LogP contribution in [0.3, 0.4) is 0 Å². The van der Waals surface area contributed by atoms with Gasteiger partial charge in [-0.2, -0.15) is 5.10 Å². The molecule has 1 atom stereocenters. The Labute approximate surface area is 165 Å². The number of hydrogen-bond donors (Lipinski definition) is 1. The highest BCUT2D eigenvalue weighted by Crippen LogP contribution is 2.26. The van der Waals surface area contributed by atoms with E-state index in [1.165, 1.54) is 0 Å². The standard InChI is InChI=1S/C21H27N5O2/c1-15-8-11-23-26(15)18-6-4-16(5-7-18)21(28)24-13-9-17(10-14-24)25-12-2-3-19(25)20(22)27/h4-8,11,17,19H,2-3,9-10,12-14H2,1H3,(H2,22,27)/t19-/m0/s1. The summed E-state index contributed by atoms with van der Waals surface area (Å²) < 4.78 is 1.85. The number of hydrogen-bond acceptors (Lipinski definition) is 4. The molecule has 1 aromatic heterocycles. The highest BCUT2D eigenvalue weighted by atomic mass is 16.2. The highest BCUT2D eigenvalue weighted by Gasteiger charge is 2.36. The van der Waals surface area contributed by atoms with Crippen LogP contribution in [0, 0.1) is 6.92 Å². The summed E-state index contributed by atoms with van der Waals surface area (Å²) in [6.45, 7) is 4.36. The average molecular weight is 381 g/mol. The summed E-state index contributed by atoms with van der Waals surface area (Å²) in [5, 5.41) is 4.30. The van der Waals surface area contributed by atoms with E-state index < -0.39 is 0 Å². The van der Waals surface area contributed by atoms with Crippen LogP contribution >= 0.6 is 0 Å². The Kier molecular flexibility index (Phi) is 5.17. The third kappa shape index (κ3) is 3.54. The van der Waals surface area contributed by atoms with Gasteiger partial charge in [0.15, 0.2) is 0 Å². The molecule has 1 aromatic carbocycles. The van der Waals surface area contributed by atoms with Crippen molar-refractivity contribution < 1.29 is 9.59 Å². The zero-order valence-electron chi connectivity index (χ0n) is 16.3. The van der Waals surface area contributed by atoms with E-state index in [1.54, 1.807) is 6.20 Å². The van der Waals surface area contributed by atoms with Crippen LogP contribution in [0.1, 0.15) is 41.7 Å². The summed E-state index contributed by atoms with van der Waals surface area (Å²) in [4.78, 5) is 28.7. The molecule has 4 rings (SSSR count). The second kappa shape index (κ2) is 7.75. The normalized spacial score (nSPS) is 21.2. The SMILES string of the molecule is Cc1ccnn1-c1ccc(C(=O)N2CCC(N3CCC[C@H]3C(N)=O)CC2)cc1. The first kappa shape index (κ1) is 18.7. The van der Waals surface area contributed by atoms with Crippen LogP contribution in [-0.2, 0) is 4.79 Å². The molecule has 2 fully saturated rings. The van der Waals surface area contributed by atoms with Crippen molar-refractivity contribution in [3.8, 4) is 5.69 Å². The predicted octanol–water partition coefficient (Wildman–Crippen LogP) is 1.74. The summed E-state index contributed by atoms with van der Waals surface area (Å²) in [6.07, 6.45) is 5.42. The first-order chi connectivity index (χ1) is 13.5. The molecule has 2 saturated heterocycles. The van der Waals surface area contributed by atoms with Crippen molar-refractivity contribution in [2.75, 3.05) is 19.6 Å². The summed E-state index contributed by atoms with van der Waals surface area (Å²) >= 11 is 0. The zero-order valence-corrected chi connectivity index (χ0v) is 16.3. The Morgan fingerprint density at radius 2 is 1.75 bits per heavy atom. The lowest BCUT2D eigenvalue weighted by Crippen LogP contribution is -2.51. The van der Waals surface area contributed by atoms with Gasteiger partial charge < -0.3 is 10.6 Å². The van der Waals surface area contributed by atoms with Gasteiger partial charge in [0, 0.05) is 36.6 Å². The molecule has 2 aliphatic heterocycles. The van der Waals surface area contributed by atoms with E-state index in [-0.39, 0.29) is 17.9 Å². The lowest BCUT2D eigenvalue weighted by Gasteiger charge is -2.38. The zero-order chi connectivity index (χ0) is 19.7. The first-order valence-electron chi connectivity index (χ1n) is 10.00. The average Bonchev–Trinajstić information content (AvgIpc) is 3.37. The lowest BCUT2D eigenvalue weighted by atomic mass is 10.0. The van der Waals surface area contributed by atoms with E-state index in [2.05, 4.69) is 10.00 Å². The fourth-order valence-electron chi connectivity index (χ4n) is 4.50. The molecule has 2 N–H and O–H groups in total. The second-order valence-corrected chi connectivity index (χ2v) is 7.75. The van der Waals surface area contributed by atoms with E-state index in [0.29, 0.717) is 24.7 Å². The minimum Gasteiger partial charge on any atom is -0.368 e. The van der Waals surface area contributed by atoms with Crippen LogP contribution in [0.2, 0.25) is 0 Å². The maximum Gasteiger partial charge on any atom is 0.253 e. The molecule has 3 heterocycles. The van der Waals surface area contributed by atoms with E-state index in [4.69, 9.17) is 5.73 Å². The maximum absolute atomic E-state index is 12.9. The molecule has 0 unspecified atom stereocenters. The molecule has 148 valence electrons. The largest absolute Gasteiger partial charge is 0.368 e. The van der Waals surface area contributed by atoms with E-state index in [9.17, 15) is 9.59 Å². The molecule has 2 aliphatic rings. The Hall–Kier alpha value is -2.67. The number of primary amides is 1.